The van der Waals surface area contributed by atoms with Crippen LogP contribution in [0, 0.1) is 11.5 Å². The maximum atomic E-state index is 13.0. The van der Waals surface area contributed by atoms with Crippen LogP contribution in [-0.2, 0) is 0 Å². The molecule has 4 nitrogen and oxygen atoms in total. The van der Waals surface area contributed by atoms with E-state index >= 15 is 0 Å². The van der Waals surface area contributed by atoms with E-state index in [4.69, 9.17) is 5.26 Å². The lowest BCUT2D eigenvalue weighted by molar-refractivity contribution is 0.0964. The molecular formula is C21H19N3O. The van der Waals surface area contributed by atoms with Crippen LogP contribution in [0.15, 0.2) is 60.8 Å². The van der Waals surface area contributed by atoms with Gasteiger partial charge in [0.2, 0.25) is 0 Å². The van der Waals surface area contributed by atoms with Crippen LogP contribution in [-0.4, -0.2) is 28.5 Å². The highest BCUT2D eigenvalue weighted by Crippen LogP contribution is 2.34. The zero-order chi connectivity index (χ0) is 17.2. The molecule has 4 heteroatoms. The first-order valence-corrected chi connectivity index (χ1v) is 8.62. The van der Waals surface area contributed by atoms with Crippen LogP contribution < -0.4 is 0 Å². The fraction of sp³-hybridized carbons (Fsp3) is 0.238. The Morgan fingerprint density at radius 2 is 1.68 bits per heavy atom. The Hall–Kier alpha value is -3.06. The number of aromatic nitrogens is 1. The number of likely N-dealkylation sites (tertiary alicyclic amines) is 1. The second-order valence-corrected chi connectivity index (χ2v) is 6.50. The molecule has 3 aromatic rings. The van der Waals surface area contributed by atoms with Crippen molar-refractivity contribution in [3.63, 3.8) is 0 Å². The van der Waals surface area contributed by atoms with E-state index in [1.165, 1.54) is 5.56 Å². The predicted molar refractivity (Wildman–Crippen MR) is 97.3 cm³/mol. The average Bonchev–Trinajstić information content (AvgIpc) is 3.08. The summed E-state index contributed by atoms with van der Waals surface area (Å²) in [5, 5.41) is 10.2. The Morgan fingerprint density at radius 1 is 1.00 bits per heavy atom. The normalized spacial score (nSPS) is 15.2. The first kappa shape index (κ1) is 15.5. The number of piperidine rings is 1. The Kier molecular flexibility index (Phi) is 3.99. The van der Waals surface area contributed by atoms with E-state index in [-0.39, 0.29) is 5.91 Å². The lowest BCUT2D eigenvalue weighted by atomic mass is 9.89. The Morgan fingerprint density at radius 3 is 2.40 bits per heavy atom. The van der Waals surface area contributed by atoms with Crippen molar-refractivity contribution in [2.45, 2.75) is 18.8 Å². The second kappa shape index (κ2) is 6.45. The fourth-order valence-electron chi connectivity index (χ4n) is 3.71. The molecule has 4 rings (SSSR count). The second-order valence-electron chi connectivity index (χ2n) is 6.50. The van der Waals surface area contributed by atoms with Crippen LogP contribution >= 0.6 is 0 Å². The van der Waals surface area contributed by atoms with Gasteiger partial charge in [-0.3, -0.25) is 9.36 Å². The number of fused-ring (bicyclic) bond motifs is 1. The molecule has 1 aliphatic rings. The van der Waals surface area contributed by atoms with Gasteiger partial charge in [-0.1, -0.05) is 36.4 Å². The summed E-state index contributed by atoms with van der Waals surface area (Å²) in [7, 11) is 0. The van der Waals surface area contributed by atoms with Crippen molar-refractivity contribution in [3.8, 4) is 6.19 Å². The van der Waals surface area contributed by atoms with Crippen molar-refractivity contribution in [2.75, 3.05) is 13.1 Å². The summed E-state index contributed by atoms with van der Waals surface area (Å²) < 4.78 is 1.77. The van der Waals surface area contributed by atoms with Crippen LogP contribution in [0.4, 0.5) is 0 Å². The molecule has 0 radical (unpaired) electrons. The quantitative estimate of drug-likeness (QED) is 0.668. The van der Waals surface area contributed by atoms with E-state index in [1.54, 1.807) is 4.57 Å². The average molecular weight is 329 g/mol. The number of carbonyl (C=O) groups excluding carboxylic acids is 1. The minimum absolute atomic E-state index is 0.00230. The van der Waals surface area contributed by atoms with Gasteiger partial charge in [-0.05, 0) is 42.5 Å². The van der Waals surface area contributed by atoms with E-state index in [0.717, 1.165) is 36.8 Å². The number of rotatable bonds is 2. The Labute approximate surface area is 146 Å². The Balaban J connectivity index is 1.75. The maximum absolute atomic E-state index is 13.0. The number of hydrogen-bond donors (Lipinski definition) is 0. The minimum atomic E-state index is -0.00230. The third kappa shape index (κ3) is 2.78. The van der Waals surface area contributed by atoms with Gasteiger partial charge in [0.15, 0.2) is 6.19 Å². The molecule has 2 aromatic carbocycles. The molecule has 1 aliphatic heterocycles. The van der Waals surface area contributed by atoms with Gasteiger partial charge in [-0.2, -0.15) is 5.26 Å². The zero-order valence-electron chi connectivity index (χ0n) is 13.9. The first-order valence-electron chi connectivity index (χ1n) is 8.62. The summed E-state index contributed by atoms with van der Waals surface area (Å²) in [6, 6.07) is 17.5. The molecule has 0 bridgehead atoms. The van der Waals surface area contributed by atoms with Gasteiger partial charge in [0.1, 0.15) is 0 Å². The highest BCUT2D eigenvalue weighted by Gasteiger charge is 2.24. The largest absolute Gasteiger partial charge is 0.311 e. The summed E-state index contributed by atoms with van der Waals surface area (Å²) in [5.74, 6) is 0.386. The van der Waals surface area contributed by atoms with Crippen molar-refractivity contribution in [2.24, 2.45) is 0 Å². The first-order chi connectivity index (χ1) is 12.3. The summed E-state index contributed by atoms with van der Waals surface area (Å²) in [6.45, 7) is 1.57. The van der Waals surface area contributed by atoms with Gasteiger partial charge in [0, 0.05) is 30.2 Å². The number of carbonyl (C=O) groups is 1. The van der Waals surface area contributed by atoms with Crippen molar-refractivity contribution in [1.82, 2.24) is 9.47 Å². The van der Waals surface area contributed by atoms with Gasteiger partial charge in [-0.25, -0.2) is 0 Å². The molecule has 0 unspecified atom stereocenters. The molecule has 0 atom stereocenters. The molecule has 25 heavy (non-hydrogen) atoms. The highest BCUT2D eigenvalue weighted by molar-refractivity contribution is 6.03. The van der Waals surface area contributed by atoms with Gasteiger partial charge in [0.25, 0.3) is 5.91 Å². The summed E-state index contributed by atoms with van der Waals surface area (Å²) in [5.41, 5.74) is 2.86. The Bertz CT molecular complexity index is 944. The topological polar surface area (TPSA) is 49.0 Å². The molecule has 0 aliphatic carbocycles. The molecule has 124 valence electrons. The minimum Gasteiger partial charge on any atom is -0.311 e. The third-order valence-electron chi connectivity index (χ3n) is 5.06. The lowest BCUT2D eigenvalue weighted by Gasteiger charge is -2.27. The number of para-hydroxylation sites is 1. The van der Waals surface area contributed by atoms with Gasteiger partial charge in [0.05, 0.1) is 5.52 Å². The summed E-state index contributed by atoms with van der Waals surface area (Å²) in [4.78, 5) is 14.8. The summed E-state index contributed by atoms with van der Waals surface area (Å²) in [6.07, 6.45) is 6.13. The summed E-state index contributed by atoms with van der Waals surface area (Å²) >= 11 is 0. The molecule has 1 aromatic heterocycles. The van der Waals surface area contributed by atoms with Crippen LogP contribution in [0.5, 0.6) is 0 Å². The number of nitrogens with zero attached hydrogens (tertiary/aromatic N) is 3. The smallest absolute Gasteiger partial charge is 0.262 e. The predicted octanol–water partition coefficient (Wildman–Crippen LogP) is 3.99. The zero-order valence-corrected chi connectivity index (χ0v) is 13.9. The van der Waals surface area contributed by atoms with Crippen molar-refractivity contribution >= 4 is 16.8 Å². The highest BCUT2D eigenvalue weighted by atomic mass is 16.2. The molecular weight excluding hydrogens is 310 g/mol. The molecule has 2 heterocycles. The number of benzene rings is 2. The van der Waals surface area contributed by atoms with Gasteiger partial charge < -0.3 is 4.90 Å². The lowest BCUT2D eigenvalue weighted by Crippen LogP contribution is -2.28. The SMILES string of the molecule is N#CN1CCC(c2cn(C(=O)c3ccccc3)c3ccccc23)CC1. The van der Waals surface area contributed by atoms with Crippen LogP contribution in [0.25, 0.3) is 10.9 Å². The molecule has 0 N–H and O–H groups in total. The third-order valence-corrected chi connectivity index (χ3v) is 5.06. The van der Waals surface area contributed by atoms with Crippen LogP contribution in [0.2, 0.25) is 0 Å². The van der Waals surface area contributed by atoms with Crippen molar-refractivity contribution < 1.29 is 4.79 Å². The van der Waals surface area contributed by atoms with Crippen molar-refractivity contribution in [3.05, 3.63) is 71.9 Å². The number of nitriles is 1. The van der Waals surface area contributed by atoms with E-state index in [9.17, 15) is 4.79 Å². The van der Waals surface area contributed by atoms with Gasteiger partial charge >= 0.3 is 0 Å². The van der Waals surface area contributed by atoms with E-state index in [1.807, 2.05) is 59.6 Å². The molecule has 0 amide bonds. The molecule has 0 saturated carbocycles. The standard InChI is InChI=1S/C21H19N3O/c22-15-23-12-10-16(11-13-23)19-14-24(20-9-5-4-8-18(19)20)21(25)17-6-2-1-3-7-17/h1-9,14,16H,10-13H2. The van der Waals surface area contributed by atoms with E-state index < -0.39 is 0 Å². The monoisotopic (exact) mass is 329 g/mol. The van der Waals surface area contributed by atoms with Crippen LogP contribution in [0.3, 0.4) is 0 Å². The number of hydrogen-bond acceptors (Lipinski definition) is 3. The van der Waals surface area contributed by atoms with E-state index in [0.29, 0.717) is 11.5 Å². The van der Waals surface area contributed by atoms with Crippen molar-refractivity contribution in [1.29, 1.82) is 5.26 Å². The molecule has 1 saturated heterocycles. The maximum Gasteiger partial charge on any atom is 0.262 e. The fourth-order valence-corrected chi connectivity index (χ4v) is 3.71. The molecule has 1 fully saturated rings. The molecule has 0 spiro atoms. The van der Waals surface area contributed by atoms with E-state index in [2.05, 4.69) is 12.3 Å². The van der Waals surface area contributed by atoms with Gasteiger partial charge in [-0.15, -0.1) is 0 Å². The van der Waals surface area contributed by atoms with Crippen LogP contribution in [0.1, 0.15) is 34.7 Å².